The zero-order valence-corrected chi connectivity index (χ0v) is 16.7. The molecule has 8 heteroatoms. The van der Waals surface area contributed by atoms with Crippen LogP contribution in [0.1, 0.15) is 45.8 Å². The molecule has 1 unspecified atom stereocenters. The normalized spacial score (nSPS) is 19.4. The fourth-order valence-corrected chi connectivity index (χ4v) is 4.22. The van der Waals surface area contributed by atoms with E-state index in [4.69, 9.17) is 0 Å². The van der Waals surface area contributed by atoms with Gasteiger partial charge in [0.05, 0.1) is 11.5 Å². The average Bonchev–Trinajstić information content (AvgIpc) is 2.97. The smallest absolute Gasteiger partial charge is 0.340 e. The number of carbonyl (C=O) groups excluding carboxylic acids is 3. The second kappa shape index (κ2) is 8.17. The molecule has 5 nitrogen and oxygen atoms in total. The molecule has 31 heavy (non-hydrogen) atoms. The summed E-state index contributed by atoms with van der Waals surface area (Å²) in [5.74, 6) is -1.01. The number of alkyl halides is 3. The summed E-state index contributed by atoms with van der Waals surface area (Å²) in [6.07, 6.45) is -4.24. The molecule has 1 aliphatic carbocycles. The highest BCUT2D eigenvalue weighted by Crippen LogP contribution is 2.34. The molecular formula is C23H21F3N2O3. The van der Waals surface area contributed by atoms with Gasteiger partial charge in [-0.05, 0) is 23.3 Å². The van der Waals surface area contributed by atoms with Crippen molar-refractivity contribution in [3.63, 3.8) is 0 Å². The summed E-state index contributed by atoms with van der Waals surface area (Å²) >= 11 is 0. The minimum Gasteiger partial charge on any atom is -0.340 e. The fourth-order valence-electron chi connectivity index (χ4n) is 4.22. The zero-order valence-electron chi connectivity index (χ0n) is 16.7. The van der Waals surface area contributed by atoms with E-state index in [9.17, 15) is 27.6 Å². The topological polar surface area (TPSA) is 57.7 Å². The highest BCUT2D eigenvalue weighted by molar-refractivity contribution is 6.06. The number of ketones is 1. The number of carbonyl (C=O) groups is 3. The van der Waals surface area contributed by atoms with Crippen LogP contribution in [0.25, 0.3) is 0 Å². The van der Waals surface area contributed by atoms with Crippen LogP contribution in [0.2, 0.25) is 0 Å². The molecular weight excluding hydrogens is 409 g/mol. The molecule has 1 fully saturated rings. The largest absolute Gasteiger partial charge is 0.416 e. The number of halogens is 3. The van der Waals surface area contributed by atoms with Gasteiger partial charge in [0.15, 0.2) is 5.78 Å². The Morgan fingerprint density at radius 2 is 1.77 bits per heavy atom. The summed E-state index contributed by atoms with van der Waals surface area (Å²) in [5, 5.41) is 0. The van der Waals surface area contributed by atoms with Crippen molar-refractivity contribution < 1.29 is 27.6 Å². The monoisotopic (exact) mass is 430 g/mol. The fraction of sp³-hybridized carbons (Fsp3) is 0.348. The first-order valence-corrected chi connectivity index (χ1v) is 10.1. The zero-order chi connectivity index (χ0) is 22.2. The quantitative estimate of drug-likeness (QED) is 0.747. The maximum absolute atomic E-state index is 13.1. The lowest BCUT2D eigenvalue weighted by atomic mass is 10.00. The van der Waals surface area contributed by atoms with Gasteiger partial charge in [0.1, 0.15) is 0 Å². The molecule has 2 aliphatic rings. The molecule has 1 saturated heterocycles. The van der Waals surface area contributed by atoms with Crippen LogP contribution < -0.4 is 0 Å². The predicted octanol–water partition coefficient (Wildman–Crippen LogP) is 3.64. The summed E-state index contributed by atoms with van der Waals surface area (Å²) in [6, 6.07) is 12.0. The molecule has 0 saturated carbocycles. The van der Waals surface area contributed by atoms with E-state index in [-0.39, 0.29) is 56.6 Å². The standard InChI is InChI=1S/C23H21F3N2O3/c24-23(25,26)16-5-3-4-15(12-16)14-28-11-10-27(9-8-21(28)30)22(31)19-13-20(29)18-7-2-1-6-17(18)19/h1-7,12,19H,8-11,13-14H2. The van der Waals surface area contributed by atoms with Gasteiger partial charge in [-0.25, -0.2) is 0 Å². The molecule has 0 spiro atoms. The van der Waals surface area contributed by atoms with Gasteiger partial charge >= 0.3 is 6.18 Å². The second-order valence-corrected chi connectivity index (χ2v) is 7.86. The third-order valence-electron chi connectivity index (χ3n) is 5.85. The van der Waals surface area contributed by atoms with Crippen LogP contribution in [0, 0.1) is 0 Å². The van der Waals surface area contributed by atoms with E-state index < -0.39 is 17.7 Å². The SMILES string of the molecule is O=C1CC(C(=O)N2CCC(=O)N(Cc3cccc(C(F)(F)F)c3)CC2)c2ccccc21. The summed E-state index contributed by atoms with van der Waals surface area (Å²) in [5.41, 5.74) is 0.915. The summed E-state index contributed by atoms with van der Waals surface area (Å²) in [6.45, 7) is 0.776. The Bertz CT molecular complexity index is 1030. The first kappa shape index (κ1) is 21.1. The van der Waals surface area contributed by atoms with E-state index >= 15 is 0 Å². The van der Waals surface area contributed by atoms with Crippen molar-refractivity contribution in [3.05, 3.63) is 70.8 Å². The van der Waals surface area contributed by atoms with Gasteiger partial charge in [-0.2, -0.15) is 13.2 Å². The molecule has 0 radical (unpaired) electrons. The van der Waals surface area contributed by atoms with Crippen molar-refractivity contribution in [2.75, 3.05) is 19.6 Å². The third-order valence-corrected chi connectivity index (χ3v) is 5.85. The third kappa shape index (κ3) is 4.33. The van der Waals surface area contributed by atoms with Crippen LogP contribution in [0.3, 0.4) is 0 Å². The minimum atomic E-state index is -4.45. The molecule has 162 valence electrons. The first-order valence-electron chi connectivity index (χ1n) is 10.1. The van der Waals surface area contributed by atoms with E-state index in [0.29, 0.717) is 16.7 Å². The number of Topliss-reactive ketones (excluding diaryl/α,β-unsaturated/α-hetero) is 1. The van der Waals surface area contributed by atoms with Gasteiger partial charge < -0.3 is 9.80 Å². The van der Waals surface area contributed by atoms with Gasteiger partial charge in [-0.3, -0.25) is 14.4 Å². The molecule has 0 aromatic heterocycles. The van der Waals surface area contributed by atoms with E-state index in [2.05, 4.69) is 0 Å². The van der Waals surface area contributed by atoms with Crippen LogP contribution in [-0.2, 0) is 22.3 Å². The molecule has 4 rings (SSSR count). The van der Waals surface area contributed by atoms with E-state index in [0.717, 1.165) is 12.1 Å². The van der Waals surface area contributed by atoms with Crippen LogP contribution in [-0.4, -0.2) is 47.0 Å². The highest BCUT2D eigenvalue weighted by atomic mass is 19.4. The highest BCUT2D eigenvalue weighted by Gasteiger charge is 2.37. The number of benzene rings is 2. The predicted molar refractivity (Wildman–Crippen MR) is 106 cm³/mol. The van der Waals surface area contributed by atoms with E-state index in [1.165, 1.54) is 11.0 Å². The number of rotatable bonds is 3. The Balaban J connectivity index is 1.45. The van der Waals surface area contributed by atoms with Gasteiger partial charge in [-0.1, -0.05) is 36.4 Å². The Kier molecular flexibility index (Phi) is 5.56. The second-order valence-electron chi connectivity index (χ2n) is 7.86. The first-order chi connectivity index (χ1) is 14.7. The van der Waals surface area contributed by atoms with Crippen molar-refractivity contribution in [1.82, 2.24) is 9.80 Å². The van der Waals surface area contributed by atoms with Gasteiger partial charge in [0.25, 0.3) is 0 Å². The Morgan fingerprint density at radius 1 is 1.00 bits per heavy atom. The molecule has 2 aromatic rings. The van der Waals surface area contributed by atoms with Crippen LogP contribution in [0.4, 0.5) is 13.2 Å². The van der Waals surface area contributed by atoms with Crippen molar-refractivity contribution in [2.45, 2.75) is 31.5 Å². The van der Waals surface area contributed by atoms with Gasteiger partial charge in [-0.15, -0.1) is 0 Å². The molecule has 2 aromatic carbocycles. The maximum Gasteiger partial charge on any atom is 0.416 e. The number of nitrogens with zero attached hydrogens (tertiary/aromatic N) is 2. The van der Waals surface area contributed by atoms with Crippen molar-refractivity contribution in [2.24, 2.45) is 0 Å². The Hall–Kier alpha value is -3.16. The summed E-state index contributed by atoms with van der Waals surface area (Å²) < 4.78 is 38.9. The lowest BCUT2D eigenvalue weighted by molar-refractivity contribution is -0.137. The maximum atomic E-state index is 13.1. The van der Waals surface area contributed by atoms with E-state index in [1.54, 1.807) is 35.2 Å². The molecule has 1 aliphatic heterocycles. The molecule has 1 heterocycles. The lowest BCUT2D eigenvalue weighted by Crippen LogP contribution is -2.38. The van der Waals surface area contributed by atoms with Crippen LogP contribution in [0.15, 0.2) is 48.5 Å². The lowest BCUT2D eigenvalue weighted by Gasteiger charge is -2.25. The summed E-state index contributed by atoms with van der Waals surface area (Å²) in [4.78, 5) is 41.0. The van der Waals surface area contributed by atoms with Gasteiger partial charge in [0, 0.05) is 44.6 Å². The minimum absolute atomic E-state index is 0.0511. The van der Waals surface area contributed by atoms with Crippen molar-refractivity contribution >= 4 is 17.6 Å². The number of hydrogen-bond acceptors (Lipinski definition) is 3. The summed E-state index contributed by atoms with van der Waals surface area (Å²) in [7, 11) is 0. The molecule has 0 N–H and O–H groups in total. The molecule has 0 bridgehead atoms. The number of hydrogen-bond donors (Lipinski definition) is 0. The van der Waals surface area contributed by atoms with Crippen molar-refractivity contribution in [1.29, 1.82) is 0 Å². The number of amides is 2. The van der Waals surface area contributed by atoms with Crippen LogP contribution in [0.5, 0.6) is 0 Å². The van der Waals surface area contributed by atoms with Crippen LogP contribution >= 0.6 is 0 Å². The van der Waals surface area contributed by atoms with E-state index in [1.807, 2.05) is 0 Å². The van der Waals surface area contributed by atoms with Gasteiger partial charge in [0.2, 0.25) is 11.8 Å². The Morgan fingerprint density at radius 3 is 2.55 bits per heavy atom. The Labute approximate surface area is 177 Å². The average molecular weight is 430 g/mol. The number of fused-ring (bicyclic) bond motifs is 1. The van der Waals surface area contributed by atoms with Crippen molar-refractivity contribution in [3.8, 4) is 0 Å². The molecule has 2 amide bonds. The molecule has 1 atom stereocenters.